The molecule has 0 bridgehead atoms. The van der Waals surface area contributed by atoms with Gasteiger partial charge in [-0.15, -0.1) is 0 Å². The summed E-state index contributed by atoms with van der Waals surface area (Å²) in [5.74, 6) is -2.31. The topological polar surface area (TPSA) is 66.9 Å². The maximum Gasteiger partial charge on any atom is 0.406 e. The molecule has 2 amide bonds. The average molecular weight is 424 g/mol. The number of Topliss-reactive ketones (excluding diaryl/α,β-unsaturated/α-hetero) is 1. The molecule has 1 aromatic rings. The number of hydrogen-bond donors (Lipinski definition) is 0. The van der Waals surface area contributed by atoms with Crippen LogP contribution in [0, 0.1) is 0 Å². The quantitative estimate of drug-likeness (QED) is 0.552. The number of anilines is 1. The number of hydrogen-bond acceptors (Lipinski definition) is 4. The Kier molecular flexibility index (Phi) is 5.34. The maximum absolute atomic E-state index is 13.2. The molecular weight excluding hydrogens is 401 g/mol. The van der Waals surface area contributed by atoms with Gasteiger partial charge in [0.2, 0.25) is 0 Å². The number of alkyl halides is 3. The van der Waals surface area contributed by atoms with Gasteiger partial charge in [0.25, 0.3) is 17.6 Å². The standard InChI is InChI=1S/C21H23F3N2O4/c22-21(23,24)13-26-15-8-6-7-14(17(27)18(28)25-10-3-1-4-11-25)16(15)20(19(26)29)9-2-5-12-30-20/h6-8H,1-5,9-13H2. The highest BCUT2D eigenvalue weighted by Gasteiger charge is 2.56. The van der Waals surface area contributed by atoms with Crippen molar-refractivity contribution in [3.63, 3.8) is 0 Å². The summed E-state index contributed by atoms with van der Waals surface area (Å²) in [7, 11) is 0. The smallest absolute Gasteiger partial charge is 0.360 e. The summed E-state index contributed by atoms with van der Waals surface area (Å²) in [5.41, 5.74) is -1.58. The van der Waals surface area contributed by atoms with Crippen LogP contribution in [-0.2, 0) is 19.9 Å². The van der Waals surface area contributed by atoms with E-state index in [1.807, 2.05) is 0 Å². The Morgan fingerprint density at radius 1 is 1.07 bits per heavy atom. The Bertz CT molecular complexity index is 871. The van der Waals surface area contributed by atoms with E-state index < -0.39 is 35.9 Å². The average Bonchev–Trinajstić information content (AvgIpc) is 2.95. The highest BCUT2D eigenvalue weighted by atomic mass is 19.4. The number of rotatable bonds is 3. The van der Waals surface area contributed by atoms with Crippen LogP contribution in [0.3, 0.4) is 0 Å². The first-order chi connectivity index (χ1) is 14.2. The first kappa shape index (κ1) is 20.8. The van der Waals surface area contributed by atoms with Crippen LogP contribution in [0.1, 0.15) is 54.4 Å². The Balaban J connectivity index is 1.79. The number of halogens is 3. The van der Waals surface area contributed by atoms with Gasteiger partial charge in [-0.1, -0.05) is 12.1 Å². The lowest BCUT2D eigenvalue weighted by Gasteiger charge is -2.33. The SMILES string of the molecule is O=C(C(=O)N1CCCCC1)c1cccc2c1C1(CCCCO1)C(=O)N2CC(F)(F)F. The minimum absolute atomic E-state index is 0.00322. The fourth-order valence-corrected chi connectivity index (χ4v) is 4.67. The van der Waals surface area contributed by atoms with E-state index in [1.165, 1.54) is 23.1 Å². The van der Waals surface area contributed by atoms with Gasteiger partial charge in [0, 0.05) is 30.8 Å². The molecule has 3 aliphatic heterocycles. The van der Waals surface area contributed by atoms with E-state index in [0.717, 1.165) is 19.3 Å². The summed E-state index contributed by atoms with van der Waals surface area (Å²) >= 11 is 0. The van der Waals surface area contributed by atoms with Gasteiger partial charge in [-0.25, -0.2) is 0 Å². The van der Waals surface area contributed by atoms with Crippen molar-refractivity contribution < 1.29 is 32.3 Å². The molecule has 0 aromatic heterocycles. The van der Waals surface area contributed by atoms with E-state index in [0.29, 0.717) is 30.8 Å². The van der Waals surface area contributed by atoms with Crippen molar-refractivity contribution in [2.24, 2.45) is 0 Å². The summed E-state index contributed by atoms with van der Waals surface area (Å²) in [6.45, 7) is -0.323. The summed E-state index contributed by atoms with van der Waals surface area (Å²) < 4.78 is 45.4. The fourth-order valence-electron chi connectivity index (χ4n) is 4.67. The van der Waals surface area contributed by atoms with E-state index in [-0.39, 0.29) is 29.8 Å². The zero-order valence-electron chi connectivity index (χ0n) is 16.5. The molecule has 1 unspecified atom stereocenters. The molecule has 162 valence electrons. The first-order valence-corrected chi connectivity index (χ1v) is 10.2. The van der Waals surface area contributed by atoms with Gasteiger partial charge < -0.3 is 14.5 Å². The highest BCUT2D eigenvalue weighted by Crippen LogP contribution is 2.50. The largest absolute Gasteiger partial charge is 0.406 e. The number of amides is 2. The third kappa shape index (κ3) is 3.49. The lowest BCUT2D eigenvalue weighted by atomic mass is 9.83. The molecule has 4 rings (SSSR count). The first-order valence-electron chi connectivity index (χ1n) is 10.2. The van der Waals surface area contributed by atoms with Gasteiger partial charge in [0.15, 0.2) is 5.60 Å². The summed E-state index contributed by atoms with van der Waals surface area (Å²) in [5, 5.41) is 0. The summed E-state index contributed by atoms with van der Waals surface area (Å²) in [4.78, 5) is 41.2. The van der Waals surface area contributed by atoms with E-state index in [2.05, 4.69) is 0 Å². The molecule has 2 fully saturated rings. The number of nitrogens with zero attached hydrogens (tertiary/aromatic N) is 2. The van der Waals surface area contributed by atoms with Gasteiger partial charge in [-0.3, -0.25) is 14.4 Å². The Morgan fingerprint density at radius 2 is 1.80 bits per heavy atom. The second-order valence-electron chi connectivity index (χ2n) is 8.02. The second kappa shape index (κ2) is 7.68. The van der Waals surface area contributed by atoms with Gasteiger partial charge in [-0.2, -0.15) is 13.2 Å². The molecular formula is C21H23F3N2O4. The monoisotopic (exact) mass is 424 g/mol. The molecule has 2 saturated heterocycles. The Labute approximate surface area is 172 Å². The van der Waals surface area contributed by atoms with Crippen LogP contribution < -0.4 is 4.90 Å². The molecule has 3 heterocycles. The predicted molar refractivity (Wildman–Crippen MR) is 101 cm³/mol. The number of carbonyl (C=O) groups is 3. The molecule has 0 radical (unpaired) electrons. The second-order valence-corrected chi connectivity index (χ2v) is 8.02. The lowest BCUT2D eigenvalue weighted by Crippen LogP contribution is -2.47. The number of likely N-dealkylation sites (tertiary alicyclic amines) is 1. The Morgan fingerprint density at radius 3 is 2.43 bits per heavy atom. The van der Waals surface area contributed by atoms with Crippen molar-refractivity contribution in [1.29, 1.82) is 0 Å². The molecule has 1 atom stereocenters. The number of piperidine rings is 1. The van der Waals surface area contributed by atoms with E-state index >= 15 is 0 Å². The van der Waals surface area contributed by atoms with Gasteiger partial charge in [-0.05, 0) is 44.6 Å². The normalized spacial score (nSPS) is 24.3. The van der Waals surface area contributed by atoms with Crippen LogP contribution in [-0.4, -0.2) is 54.9 Å². The number of ether oxygens (including phenoxy) is 1. The maximum atomic E-state index is 13.2. The zero-order chi connectivity index (χ0) is 21.5. The third-order valence-electron chi connectivity index (χ3n) is 6.02. The van der Waals surface area contributed by atoms with Crippen molar-refractivity contribution in [3.05, 3.63) is 29.3 Å². The van der Waals surface area contributed by atoms with Crippen molar-refractivity contribution >= 4 is 23.3 Å². The van der Waals surface area contributed by atoms with Gasteiger partial charge in [0.1, 0.15) is 6.54 Å². The van der Waals surface area contributed by atoms with Crippen LogP contribution in [0.25, 0.3) is 0 Å². The van der Waals surface area contributed by atoms with Crippen LogP contribution in [0.4, 0.5) is 18.9 Å². The summed E-state index contributed by atoms with van der Waals surface area (Å²) in [6, 6.07) is 4.20. The molecule has 6 nitrogen and oxygen atoms in total. The van der Waals surface area contributed by atoms with Crippen molar-refractivity contribution in [1.82, 2.24) is 4.90 Å². The van der Waals surface area contributed by atoms with Crippen molar-refractivity contribution in [2.45, 2.75) is 50.3 Å². The van der Waals surface area contributed by atoms with Crippen LogP contribution >= 0.6 is 0 Å². The van der Waals surface area contributed by atoms with Gasteiger partial charge in [0.05, 0.1) is 5.69 Å². The van der Waals surface area contributed by atoms with Crippen LogP contribution in [0.2, 0.25) is 0 Å². The van der Waals surface area contributed by atoms with Crippen LogP contribution in [0.5, 0.6) is 0 Å². The number of fused-ring (bicyclic) bond motifs is 2. The molecule has 9 heteroatoms. The zero-order valence-corrected chi connectivity index (χ0v) is 16.5. The molecule has 1 spiro atoms. The number of carbonyl (C=O) groups excluding carboxylic acids is 3. The molecule has 0 N–H and O–H groups in total. The van der Waals surface area contributed by atoms with E-state index in [4.69, 9.17) is 4.74 Å². The minimum atomic E-state index is -4.61. The summed E-state index contributed by atoms with van der Waals surface area (Å²) in [6.07, 6.45) is -0.601. The predicted octanol–water partition coefficient (Wildman–Crippen LogP) is 3.19. The molecule has 0 aliphatic carbocycles. The Hall–Kier alpha value is -2.42. The molecule has 0 saturated carbocycles. The van der Waals surface area contributed by atoms with E-state index in [9.17, 15) is 27.6 Å². The molecule has 30 heavy (non-hydrogen) atoms. The van der Waals surface area contributed by atoms with Gasteiger partial charge >= 0.3 is 6.18 Å². The molecule has 3 aliphatic rings. The van der Waals surface area contributed by atoms with Crippen molar-refractivity contribution in [2.75, 3.05) is 31.1 Å². The number of benzene rings is 1. The minimum Gasteiger partial charge on any atom is -0.360 e. The van der Waals surface area contributed by atoms with Crippen LogP contribution in [0.15, 0.2) is 18.2 Å². The number of ketones is 1. The van der Waals surface area contributed by atoms with Crippen molar-refractivity contribution in [3.8, 4) is 0 Å². The lowest BCUT2D eigenvalue weighted by molar-refractivity contribution is -0.155. The highest BCUT2D eigenvalue weighted by molar-refractivity contribution is 6.43. The fraction of sp³-hybridized carbons (Fsp3) is 0.571. The third-order valence-corrected chi connectivity index (χ3v) is 6.02. The van der Waals surface area contributed by atoms with E-state index in [1.54, 1.807) is 0 Å². The molecule has 1 aromatic carbocycles.